The van der Waals surface area contributed by atoms with Crippen molar-refractivity contribution in [2.24, 2.45) is 5.41 Å². The van der Waals surface area contributed by atoms with E-state index in [9.17, 15) is 23.1 Å². The van der Waals surface area contributed by atoms with Crippen LogP contribution in [0.1, 0.15) is 82.1 Å². The summed E-state index contributed by atoms with van der Waals surface area (Å²) in [5.74, 6) is -1.36. The Labute approximate surface area is 142 Å². The van der Waals surface area contributed by atoms with E-state index in [1.54, 1.807) is 13.8 Å². The van der Waals surface area contributed by atoms with Crippen LogP contribution in [0.3, 0.4) is 0 Å². The molecule has 1 rings (SSSR count). The van der Waals surface area contributed by atoms with Crippen molar-refractivity contribution in [3.8, 4) is 0 Å². The van der Waals surface area contributed by atoms with E-state index < -0.39 is 17.7 Å². The number of carboxylic acid groups (broad SMARTS) is 1. The molecule has 136 valence electrons. The van der Waals surface area contributed by atoms with E-state index in [1.165, 1.54) is 0 Å². The molecule has 1 aromatic rings. The van der Waals surface area contributed by atoms with Crippen LogP contribution in [-0.2, 0) is 17.4 Å². The molecule has 24 heavy (non-hydrogen) atoms. The van der Waals surface area contributed by atoms with Gasteiger partial charge in [-0.25, -0.2) is 0 Å². The summed E-state index contributed by atoms with van der Waals surface area (Å²) in [5, 5.41) is 9.22. The van der Waals surface area contributed by atoms with Crippen molar-refractivity contribution in [2.45, 2.75) is 72.4 Å². The summed E-state index contributed by atoms with van der Waals surface area (Å²) < 4.78 is 39.9. The zero-order chi connectivity index (χ0) is 18.9. The molecule has 0 aliphatic heterocycles. The Morgan fingerprint density at radius 3 is 1.96 bits per heavy atom. The highest BCUT2D eigenvalue weighted by atomic mass is 19.4. The average molecular weight is 344 g/mol. The van der Waals surface area contributed by atoms with Gasteiger partial charge in [0.15, 0.2) is 0 Å². The smallest absolute Gasteiger partial charge is 0.416 e. The van der Waals surface area contributed by atoms with E-state index in [0.29, 0.717) is 23.1 Å². The van der Waals surface area contributed by atoms with Crippen LogP contribution in [0, 0.1) is 5.41 Å². The third-order valence-corrected chi connectivity index (χ3v) is 4.05. The van der Waals surface area contributed by atoms with Crippen LogP contribution >= 0.6 is 0 Å². The predicted molar refractivity (Wildman–Crippen MR) is 89.4 cm³/mol. The van der Waals surface area contributed by atoms with Crippen LogP contribution in [0.5, 0.6) is 0 Å². The topological polar surface area (TPSA) is 37.3 Å². The minimum absolute atomic E-state index is 0.0634. The van der Waals surface area contributed by atoms with Crippen LogP contribution in [0.2, 0.25) is 0 Å². The molecule has 5 heteroatoms. The molecule has 1 N–H and O–H groups in total. The highest BCUT2D eigenvalue weighted by molar-refractivity contribution is 5.72. The van der Waals surface area contributed by atoms with E-state index in [1.807, 2.05) is 27.7 Å². The van der Waals surface area contributed by atoms with E-state index >= 15 is 0 Å². The third-order valence-electron chi connectivity index (χ3n) is 4.05. The maximum absolute atomic E-state index is 13.3. The van der Waals surface area contributed by atoms with Crippen molar-refractivity contribution in [1.82, 2.24) is 0 Å². The van der Waals surface area contributed by atoms with Crippen LogP contribution in [0.4, 0.5) is 13.2 Å². The Balaban J connectivity index is 3.60. The standard InChI is InChI=1S/C19H27F3O2/c1-11(2)14-7-13(19(20,21)22)8-15(16(14)9-17(23)24)12(3)10-18(4,5)6/h7-8,11-12H,9-10H2,1-6H3,(H,23,24). The van der Waals surface area contributed by atoms with E-state index in [0.717, 1.165) is 12.1 Å². The molecule has 1 aromatic carbocycles. The molecule has 0 bridgehead atoms. The van der Waals surface area contributed by atoms with Gasteiger partial charge in [0.05, 0.1) is 12.0 Å². The fourth-order valence-electron chi connectivity index (χ4n) is 3.22. The second-order valence-electron chi connectivity index (χ2n) is 8.02. The van der Waals surface area contributed by atoms with Gasteiger partial charge in [0, 0.05) is 0 Å². The molecule has 1 unspecified atom stereocenters. The molecule has 0 spiro atoms. The highest BCUT2D eigenvalue weighted by Crippen LogP contribution is 2.40. The number of hydrogen-bond acceptors (Lipinski definition) is 1. The summed E-state index contributed by atoms with van der Waals surface area (Å²) in [7, 11) is 0. The Morgan fingerprint density at radius 1 is 1.08 bits per heavy atom. The largest absolute Gasteiger partial charge is 0.481 e. The van der Waals surface area contributed by atoms with Gasteiger partial charge in [0.25, 0.3) is 0 Å². The molecule has 0 amide bonds. The lowest BCUT2D eigenvalue weighted by molar-refractivity contribution is -0.137. The molecule has 0 aliphatic carbocycles. The first kappa shape index (κ1) is 20.5. The molecule has 0 radical (unpaired) electrons. The van der Waals surface area contributed by atoms with E-state index in [2.05, 4.69) is 0 Å². The lowest BCUT2D eigenvalue weighted by Crippen LogP contribution is -2.17. The van der Waals surface area contributed by atoms with Crippen LogP contribution in [0.15, 0.2) is 12.1 Å². The molecule has 0 saturated heterocycles. The van der Waals surface area contributed by atoms with Gasteiger partial charge >= 0.3 is 12.1 Å². The number of carboxylic acids is 1. The van der Waals surface area contributed by atoms with Gasteiger partial charge in [-0.05, 0) is 52.5 Å². The van der Waals surface area contributed by atoms with Crippen molar-refractivity contribution in [3.05, 3.63) is 34.4 Å². The van der Waals surface area contributed by atoms with Gasteiger partial charge in [-0.2, -0.15) is 13.2 Å². The molecule has 0 saturated carbocycles. The molecule has 0 aliphatic rings. The fraction of sp³-hybridized carbons (Fsp3) is 0.632. The number of carbonyl (C=O) groups is 1. The van der Waals surface area contributed by atoms with Gasteiger partial charge in [-0.1, -0.05) is 41.5 Å². The molecular weight excluding hydrogens is 317 g/mol. The first-order valence-electron chi connectivity index (χ1n) is 8.18. The SMILES string of the molecule is CC(C)c1cc(C(F)(F)F)cc(C(C)CC(C)(C)C)c1CC(=O)O. The summed E-state index contributed by atoms with van der Waals surface area (Å²) in [5.41, 5.74) is 0.749. The lowest BCUT2D eigenvalue weighted by Gasteiger charge is -2.27. The summed E-state index contributed by atoms with van der Waals surface area (Å²) >= 11 is 0. The molecule has 0 fully saturated rings. The number of alkyl halides is 3. The first-order chi connectivity index (χ1) is 10.7. The molecule has 2 nitrogen and oxygen atoms in total. The molecule has 1 atom stereocenters. The zero-order valence-electron chi connectivity index (χ0n) is 15.2. The van der Waals surface area contributed by atoms with E-state index in [-0.39, 0.29) is 23.7 Å². The lowest BCUT2D eigenvalue weighted by atomic mass is 9.78. The molecule has 0 aromatic heterocycles. The number of aliphatic carboxylic acids is 1. The van der Waals surface area contributed by atoms with Crippen molar-refractivity contribution < 1.29 is 23.1 Å². The predicted octanol–water partition coefficient (Wildman–Crippen LogP) is 6.00. The number of halogens is 3. The summed E-state index contributed by atoms with van der Waals surface area (Å²) in [4.78, 5) is 11.3. The monoisotopic (exact) mass is 344 g/mol. The Bertz CT molecular complexity index is 596. The number of hydrogen-bond donors (Lipinski definition) is 1. The second kappa shape index (κ2) is 7.16. The third kappa shape index (κ3) is 5.53. The summed E-state index contributed by atoms with van der Waals surface area (Å²) in [6.07, 6.45) is -4.02. The molecular formula is C19H27F3O2. The summed E-state index contributed by atoms with van der Waals surface area (Å²) in [6, 6.07) is 2.25. The fourth-order valence-corrected chi connectivity index (χ4v) is 3.22. The van der Waals surface area contributed by atoms with Crippen molar-refractivity contribution in [1.29, 1.82) is 0 Å². The highest BCUT2D eigenvalue weighted by Gasteiger charge is 2.34. The van der Waals surface area contributed by atoms with Crippen molar-refractivity contribution in [3.63, 3.8) is 0 Å². The minimum Gasteiger partial charge on any atom is -0.481 e. The number of benzene rings is 1. The normalized spacial score (nSPS) is 14.1. The van der Waals surface area contributed by atoms with Gasteiger partial charge < -0.3 is 5.11 Å². The van der Waals surface area contributed by atoms with Gasteiger partial charge in [-0.3, -0.25) is 4.79 Å². The Kier molecular flexibility index (Phi) is 6.12. The Morgan fingerprint density at radius 2 is 1.58 bits per heavy atom. The van der Waals surface area contributed by atoms with Gasteiger partial charge in [0.1, 0.15) is 0 Å². The first-order valence-corrected chi connectivity index (χ1v) is 8.18. The van der Waals surface area contributed by atoms with Crippen molar-refractivity contribution in [2.75, 3.05) is 0 Å². The van der Waals surface area contributed by atoms with Gasteiger partial charge in [-0.15, -0.1) is 0 Å². The Hall–Kier alpha value is -1.52. The summed E-state index contributed by atoms with van der Waals surface area (Å²) in [6.45, 7) is 11.5. The van der Waals surface area contributed by atoms with Crippen LogP contribution in [-0.4, -0.2) is 11.1 Å². The quantitative estimate of drug-likeness (QED) is 0.712. The number of rotatable bonds is 5. The second-order valence-corrected chi connectivity index (χ2v) is 8.02. The van der Waals surface area contributed by atoms with Crippen molar-refractivity contribution >= 4 is 5.97 Å². The maximum Gasteiger partial charge on any atom is 0.416 e. The maximum atomic E-state index is 13.3. The van der Waals surface area contributed by atoms with Crippen LogP contribution in [0.25, 0.3) is 0 Å². The van der Waals surface area contributed by atoms with Crippen LogP contribution < -0.4 is 0 Å². The molecule has 0 heterocycles. The minimum atomic E-state index is -4.44. The van der Waals surface area contributed by atoms with Gasteiger partial charge in [0.2, 0.25) is 0 Å². The zero-order valence-corrected chi connectivity index (χ0v) is 15.2. The average Bonchev–Trinajstić information content (AvgIpc) is 2.34. The van der Waals surface area contributed by atoms with E-state index in [4.69, 9.17) is 0 Å².